The average Bonchev–Trinajstić information content (AvgIpc) is 2.51. The van der Waals surface area contributed by atoms with E-state index in [-0.39, 0.29) is 30.4 Å². The molecule has 1 rings (SSSR count). The summed E-state index contributed by atoms with van der Waals surface area (Å²) in [6.45, 7) is 3.92. The lowest BCUT2D eigenvalue weighted by Gasteiger charge is -2.18. The second-order valence-corrected chi connectivity index (χ2v) is 5.56. The number of ether oxygens (including phenoxy) is 1. The first-order chi connectivity index (χ1) is 10.4. The van der Waals surface area contributed by atoms with Gasteiger partial charge in [0.25, 0.3) is 0 Å². The summed E-state index contributed by atoms with van der Waals surface area (Å²) >= 11 is 0. The number of rotatable bonds is 8. The molecule has 0 saturated carbocycles. The monoisotopic (exact) mass is 305 g/mol. The molecule has 0 saturated heterocycles. The summed E-state index contributed by atoms with van der Waals surface area (Å²) in [6.07, 6.45) is 0.676. The second kappa shape index (κ2) is 8.97. The number of benzene rings is 1. The van der Waals surface area contributed by atoms with E-state index in [1.165, 1.54) is 7.11 Å². The lowest BCUT2D eigenvalue weighted by Crippen LogP contribution is -2.42. The first kappa shape index (κ1) is 17.9. The zero-order valence-corrected chi connectivity index (χ0v) is 13.3. The highest BCUT2D eigenvalue weighted by atomic mass is 16.5. The van der Waals surface area contributed by atoms with Gasteiger partial charge < -0.3 is 10.1 Å². The molecule has 1 atom stereocenters. The van der Waals surface area contributed by atoms with Crippen molar-refractivity contribution in [3.8, 4) is 0 Å². The Morgan fingerprint density at radius 1 is 1.09 bits per heavy atom. The van der Waals surface area contributed by atoms with Crippen LogP contribution in [0.25, 0.3) is 0 Å². The Hall–Kier alpha value is -2.17. The molecule has 0 aliphatic heterocycles. The van der Waals surface area contributed by atoms with Crippen molar-refractivity contribution in [3.63, 3.8) is 0 Å². The van der Waals surface area contributed by atoms with Crippen molar-refractivity contribution in [2.45, 2.75) is 39.2 Å². The van der Waals surface area contributed by atoms with E-state index in [1.54, 1.807) is 24.3 Å². The smallest absolute Gasteiger partial charge is 0.328 e. The van der Waals surface area contributed by atoms with Crippen LogP contribution in [0.3, 0.4) is 0 Å². The van der Waals surface area contributed by atoms with Crippen LogP contribution in [0.4, 0.5) is 0 Å². The maximum Gasteiger partial charge on any atom is 0.328 e. The van der Waals surface area contributed by atoms with E-state index in [4.69, 9.17) is 0 Å². The second-order valence-electron chi connectivity index (χ2n) is 5.56. The van der Waals surface area contributed by atoms with Gasteiger partial charge in [-0.25, -0.2) is 4.79 Å². The standard InChI is InChI=1S/C17H23NO4/c1-12(2)11-14(17(21)22-3)18-16(20)10-9-15(19)13-7-5-4-6-8-13/h4-8,12,14H,9-11H2,1-3H3,(H,18,20)/t14-/m1/s1. The van der Waals surface area contributed by atoms with Gasteiger partial charge in [-0.1, -0.05) is 44.2 Å². The summed E-state index contributed by atoms with van der Waals surface area (Å²) in [6, 6.07) is 8.17. The highest BCUT2D eigenvalue weighted by molar-refractivity contribution is 5.98. The molecule has 0 aromatic heterocycles. The summed E-state index contributed by atoms with van der Waals surface area (Å²) in [4.78, 5) is 35.5. The largest absolute Gasteiger partial charge is 0.467 e. The molecule has 1 aromatic carbocycles. The summed E-state index contributed by atoms with van der Waals surface area (Å²) in [5, 5.41) is 2.64. The molecule has 0 aliphatic carbocycles. The van der Waals surface area contributed by atoms with Gasteiger partial charge in [-0.2, -0.15) is 0 Å². The Bertz CT molecular complexity index is 511. The van der Waals surface area contributed by atoms with Gasteiger partial charge in [-0.05, 0) is 12.3 Å². The summed E-state index contributed by atoms with van der Waals surface area (Å²) in [5.74, 6) is -0.624. The molecule has 0 radical (unpaired) electrons. The maximum absolute atomic E-state index is 11.9. The van der Waals surface area contributed by atoms with Crippen LogP contribution in [0.15, 0.2) is 30.3 Å². The normalized spacial score (nSPS) is 11.8. The molecule has 22 heavy (non-hydrogen) atoms. The molecule has 5 nitrogen and oxygen atoms in total. The number of hydrogen-bond donors (Lipinski definition) is 1. The van der Waals surface area contributed by atoms with Crippen LogP contribution in [0, 0.1) is 5.92 Å². The molecule has 1 N–H and O–H groups in total. The third-order valence-electron chi connectivity index (χ3n) is 3.20. The van der Waals surface area contributed by atoms with E-state index < -0.39 is 12.0 Å². The van der Waals surface area contributed by atoms with Gasteiger partial charge in [0.05, 0.1) is 7.11 Å². The van der Waals surface area contributed by atoms with Crippen molar-refractivity contribution in [2.24, 2.45) is 5.92 Å². The SMILES string of the molecule is COC(=O)[C@@H](CC(C)C)NC(=O)CCC(=O)c1ccccc1. The quantitative estimate of drug-likeness (QED) is 0.591. The molecule has 0 heterocycles. The van der Waals surface area contributed by atoms with Gasteiger partial charge in [-0.3, -0.25) is 9.59 Å². The van der Waals surface area contributed by atoms with Crippen molar-refractivity contribution in [3.05, 3.63) is 35.9 Å². The van der Waals surface area contributed by atoms with Gasteiger partial charge >= 0.3 is 5.97 Å². The van der Waals surface area contributed by atoms with Crippen molar-refractivity contribution in [1.29, 1.82) is 0 Å². The Kier molecular flexibility index (Phi) is 7.29. The maximum atomic E-state index is 11.9. The fourth-order valence-corrected chi connectivity index (χ4v) is 2.09. The molecule has 0 fully saturated rings. The Labute approximate surface area is 131 Å². The first-order valence-corrected chi connectivity index (χ1v) is 7.39. The van der Waals surface area contributed by atoms with Crippen LogP contribution in [-0.2, 0) is 14.3 Å². The summed E-state index contributed by atoms with van der Waals surface area (Å²) in [5.41, 5.74) is 0.585. The molecule has 0 spiro atoms. The molecule has 0 aliphatic rings. The number of nitrogens with one attached hydrogen (secondary N) is 1. The van der Waals surface area contributed by atoms with E-state index in [0.717, 1.165) is 0 Å². The summed E-state index contributed by atoms with van der Waals surface area (Å²) < 4.78 is 4.69. The van der Waals surface area contributed by atoms with Gasteiger partial charge in [-0.15, -0.1) is 0 Å². The number of amides is 1. The van der Waals surface area contributed by atoms with Crippen molar-refractivity contribution >= 4 is 17.7 Å². The minimum absolute atomic E-state index is 0.0549. The average molecular weight is 305 g/mol. The van der Waals surface area contributed by atoms with Crippen molar-refractivity contribution < 1.29 is 19.1 Å². The zero-order chi connectivity index (χ0) is 16.5. The zero-order valence-electron chi connectivity index (χ0n) is 13.3. The van der Waals surface area contributed by atoms with Crippen molar-refractivity contribution in [1.82, 2.24) is 5.32 Å². The number of methoxy groups -OCH3 is 1. The van der Waals surface area contributed by atoms with E-state index >= 15 is 0 Å². The molecule has 5 heteroatoms. The van der Waals surface area contributed by atoms with E-state index in [1.807, 2.05) is 19.9 Å². The van der Waals surface area contributed by atoms with Gasteiger partial charge in [0.1, 0.15) is 6.04 Å². The van der Waals surface area contributed by atoms with Crippen LogP contribution in [0.1, 0.15) is 43.5 Å². The van der Waals surface area contributed by atoms with Crippen LogP contribution in [-0.4, -0.2) is 30.8 Å². The van der Waals surface area contributed by atoms with E-state index in [9.17, 15) is 14.4 Å². The van der Waals surface area contributed by atoms with Gasteiger partial charge in [0.2, 0.25) is 5.91 Å². The van der Waals surface area contributed by atoms with Crippen molar-refractivity contribution in [2.75, 3.05) is 7.11 Å². The minimum atomic E-state index is -0.663. The van der Waals surface area contributed by atoms with Gasteiger partial charge in [0, 0.05) is 18.4 Å². The highest BCUT2D eigenvalue weighted by Crippen LogP contribution is 2.08. The number of carbonyl (C=O) groups excluding carboxylic acids is 3. The predicted molar refractivity (Wildman–Crippen MR) is 83.4 cm³/mol. The third kappa shape index (κ3) is 6.08. The fraction of sp³-hybridized carbons (Fsp3) is 0.471. The molecule has 0 unspecified atom stereocenters. The first-order valence-electron chi connectivity index (χ1n) is 7.39. The van der Waals surface area contributed by atoms with Crippen LogP contribution in [0.2, 0.25) is 0 Å². The lowest BCUT2D eigenvalue weighted by atomic mass is 10.0. The molecular formula is C17H23NO4. The number of ketones is 1. The summed E-state index contributed by atoms with van der Waals surface area (Å²) in [7, 11) is 1.29. The molecule has 0 bridgehead atoms. The lowest BCUT2D eigenvalue weighted by molar-refractivity contribution is -0.145. The molecule has 120 valence electrons. The number of esters is 1. The molecule has 1 aromatic rings. The highest BCUT2D eigenvalue weighted by Gasteiger charge is 2.22. The number of carbonyl (C=O) groups is 3. The van der Waals surface area contributed by atoms with Crippen LogP contribution in [0.5, 0.6) is 0 Å². The third-order valence-corrected chi connectivity index (χ3v) is 3.20. The Balaban J connectivity index is 2.50. The topological polar surface area (TPSA) is 72.5 Å². The Morgan fingerprint density at radius 2 is 1.73 bits per heavy atom. The minimum Gasteiger partial charge on any atom is -0.467 e. The molecular weight excluding hydrogens is 282 g/mol. The fourth-order valence-electron chi connectivity index (χ4n) is 2.09. The van der Waals surface area contributed by atoms with Crippen LogP contribution < -0.4 is 5.32 Å². The number of hydrogen-bond acceptors (Lipinski definition) is 4. The van der Waals surface area contributed by atoms with Gasteiger partial charge in [0.15, 0.2) is 5.78 Å². The van der Waals surface area contributed by atoms with E-state index in [2.05, 4.69) is 10.1 Å². The molecule has 1 amide bonds. The van der Waals surface area contributed by atoms with Crippen LogP contribution >= 0.6 is 0 Å². The van der Waals surface area contributed by atoms with E-state index in [0.29, 0.717) is 12.0 Å². The number of Topliss-reactive ketones (excluding diaryl/α,β-unsaturated/α-hetero) is 1. The predicted octanol–water partition coefficient (Wildman–Crippen LogP) is 2.35. The Morgan fingerprint density at radius 3 is 2.27 bits per heavy atom.